The summed E-state index contributed by atoms with van der Waals surface area (Å²) in [4.78, 5) is 12.3. The van der Waals surface area contributed by atoms with Crippen molar-refractivity contribution < 1.29 is 4.79 Å². The molecule has 1 aromatic heterocycles. The fourth-order valence-electron chi connectivity index (χ4n) is 3.33. The van der Waals surface area contributed by atoms with E-state index in [1.807, 2.05) is 24.0 Å². The van der Waals surface area contributed by atoms with Crippen LogP contribution in [0.25, 0.3) is 0 Å². The van der Waals surface area contributed by atoms with Gasteiger partial charge in [-0.15, -0.1) is 0 Å². The summed E-state index contributed by atoms with van der Waals surface area (Å²) in [6.45, 7) is 5.19. The molecule has 24 heavy (non-hydrogen) atoms. The van der Waals surface area contributed by atoms with E-state index in [0.717, 1.165) is 31.4 Å². The third kappa shape index (κ3) is 4.23. The first-order valence-electron chi connectivity index (χ1n) is 8.71. The number of hydrogen-bond donors (Lipinski definition) is 2. The summed E-state index contributed by atoms with van der Waals surface area (Å²) in [6.07, 6.45) is 7.12. The molecule has 1 aromatic carbocycles. The molecule has 5 heteroatoms. The Bertz CT molecular complexity index is 694. The minimum absolute atomic E-state index is 0.0557. The molecule has 0 saturated carbocycles. The van der Waals surface area contributed by atoms with Gasteiger partial charge in [0.05, 0.1) is 25.3 Å². The Morgan fingerprint density at radius 1 is 1.42 bits per heavy atom. The van der Waals surface area contributed by atoms with Crippen LogP contribution in [0.2, 0.25) is 0 Å². The number of nitrogens with one attached hydrogen (secondary N) is 2. The van der Waals surface area contributed by atoms with Crippen molar-refractivity contribution in [2.75, 3.05) is 6.54 Å². The molecule has 2 aromatic rings. The Morgan fingerprint density at radius 2 is 2.25 bits per heavy atom. The molecule has 0 saturated heterocycles. The van der Waals surface area contributed by atoms with Crippen LogP contribution in [0.15, 0.2) is 36.7 Å². The quantitative estimate of drug-likeness (QED) is 0.857. The number of aromatic nitrogens is 2. The standard InChI is InChI=1S/C19H26N4O/c1-14-10-21-23(12-14)13-15(2)20-11-19(24)22-18-9-5-7-16-6-3-4-8-17(16)18/h3-4,6,8,10,12,15,18,20H,5,7,9,11,13H2,1-2H3,(H,22,24)/t15-,18-/m0/s1. The second kappa shape index (κ2) is 7.62. The molecule has 0 fully saturated rings. The average Bonchev–Trinajstić information content (AvgIpc) is 2.98. The van der Waals surface area contributed by atoms with Gasteiger partial charge >= 0.3 is 0 Å². The highest BCUT2D eigenvalue weighted by Gasteiger charge is 2.21. The minimum atomic E-state index is 0.0557. The van der Waals surface area contributed by atoms with Gasteiger partial charge in [-0.05, 0) is 49.8 Å². The highest BCUT2D eigenvalue weighted by molar-refractivity contribution is 5.78. The maximum atomic E-state index is 12.3. The Morgan fingerprint density at radius 3 is 3.04 bits per heavy atom. The first-order chi connectivity index (χ1) is 11.6. The third-order valence-electron chi connectivity index (χ3n) is 4.54. The predicted molar refractivity (Wildman–Crippen MR) is 94.7 cm³/mol. The van der Waals surface area contributed by atoms with E-state index < -0.39 is 0 Å². The van der Waals surface area contributed by atoms with Crippen LogP contribution >= 0.6 is 0 Å². The lowest BCUT2D eigenvalue weighted by Crippen LogP contribution is -2.41. The number of amides is 1. The highest BCUT2D eigenvalue weighted by Crippen LogP contribution is 2.29. The molecule has 0 spiro atoms. The van der Waals surface area contributed by atoms with E-state index in [1.165, 1.54) is 11.1 Å². The number of fused-ring (bicyclic) bond motifs is 1. The van der Waals surface area contributed by atoms with Crippen LogP contribution in [0.1, 0.15) is 42.5 Å². The van der Waals surface area contributed by atoms with Gasteiger partial charge in [0.2, 0.25) is 5.91 Å². The summed E-state index contributed by atoms with van der Waals surface area (Å²) in [7, 11) is 0. The zero-order valence-corrected chi connectivity index (χ0v) is 14.5. The molecule has 1 amide bonds. The van der Waals surface area contributed by atoms with E-state index in [2.05, 4.69) is 46.9 Å². The SMILES string of the molecule is Cc1cnn(C[C@H](C)NCC(=O)N[C@H]2CCCc3ccccc32)c1. The van der Waals surface area contributed by atoms with Crippen LogP contribution in [0, 0.1) is 6.92 Å². The van der Waals surface area contributed by atoms with Gasteiger partial charge in [0.25, 0.3) is 0 Å². The Kier molecular flexibility index (Phi) is 5.30. The van der Waals surface area contributed by atoms with Crippen molar-refractivity contribution in [3.63, 3.8) is 0 Å². The monoisotopic (exact) mass is 326 g/mol. The lowest BCUT2D eigenvalue weighted by molar-refractivity contribution is -0.121. The van der Waals surface area contributed by atoms with Crippen LogP contribution in [0.3, 0.4) is 0 Å². The molecule has 0 bridgehead atoms. The van der Waals surface area contributed by atoms with Gasteiger partial charge < -0.3 is 10.6 Å². The zero-order valence-electron chi connectivity index (χ0n) is 14.5. The van der Waals surface area contributed by atoms with E-state index in [0.29, 0.717) is 6.54 Å². The summed E-state index contributed by atoms with van der Waals surface area (Å²) in [5.74, 6) is 0.0557. The predicted octanol–water partition coefficient (Wildman–Crippen LogP) is 2.36. The topological polar surface area (TPSA) is 59.0 Å². The molecule has 0 unspecified atom stereocenters. The second-order valence-electron chi connectivity index (χ2n) is 6.73. The lowest BCUT2D eigenvalue weighted by atomic mass is 9.88. The van der Waals surface area contributed by atoms with E-state index in [9.17, 15) is 4.79 Å². The van der Waals surface area contributed by atoms with Gasteiger partial charge in [0, 0.05) is 12.2 Å². The van der Waals surface area contributed by atoms with Crippen molar-refractivity contribution in [3.05, 3.63) is 53.3 Å². The molecule has 2 N–H and O–H groups in total. The molecule has 5 nitrogen and oxygen atoms in total. The maximum absolute atomic E-state index is 12.3. The fourth-order valence-corrected chi connectivity index (χ4v) is 3.33. The highest BCUT2D eigenvalue weighted by atomic mass is 16.2. The third-order valence-corrected chi connectivity index (χ3v) is 4.54. The molecule has 128 valence electrons. The van der Waals surface area contributed by atoms with Crippen molar-refractivity contribution in [2.45, 2.75) is 51.7 Å². The number of hydrogen-bond acceptors (Lipinski definition) is 3. The molecular formula is C19H26N4O. The Hall–Kier alpha value is -2.14. The Labute approximate surface area is 143 Å². The lowest BCUT2D eigenvalue weighted by Gasteiger charge is -2.26. The number of rotatable bonds is 6. The maximum Gasteiger partial charge on any atom is 0.234 e. The normalized spacial score (nSPS) is 18.0. The molecule has 1 aliphatic carbocycles. The second-order valence-corrected chi connectivity index (χ2v) is 6.73. The number of nitrogens with zero attached hydrogens (tertiary/aromatic N) is 2. The number of carbonyl (C=O) groups is 1. The molecule has 0 aliphatic heterocycles. The van der Waals surface area contributed by atoms with E-state index in [1.54, 1.807) is 0 Å². The minimum Gasteiger partial charge on any atom is -0.348 e. The number of carbonyl (C=O) groups excluding carboxylic acids is 1. The van der Waals surface area contributed by atoms with Gasteiger partial charge in [0.1, 0.15) is 0 Å². The van der Waals surface area contributed by atoms with Crippen LogP contribution in [0.5, 0.6) is 0 Å². The summed E-state index contributed by atoms with van der Waals surface area (Å²) in [5.41, 5.74) is 3.79. The van der Waals surface area contributed by atoms with Crippen LogP contribution in [-0.4, -0.2) is 28.3 Å². The van der Waals surface area contributed by atoms with E-state index >= 15 is 0 Å². The molecular weight excluding hydrogens is 300 g/mol. The van der Waals surface area contributed by atoms with Crippen molar-refractivity contribution in [3.8, 4) is 0 Å². The number of aryl methyl sites for hydroxylation is 2. The average molecular weight is 326 g/mol. The number of benzene rings is 1. The first kappa shape index (κ1) is 16.7. The van der Waals surface area contributed by atoms with Crippen molar-refractivity contribution in [1.29, 1.82) is 0 Å². The van der Waals surface area contributed by atoms with Gasteiger partial charge in [-0.1, -0.05) is 24.3 Å². The summed E-state index contributed by atoms with van der Waals surface area (Å²) in [6, 6.07) is 8.76. The first-order valence-corrected chi connectivity index (χ1v) is 8.71. The van der Waals surface area contributed by atoms with E-state index in [4.69, 9.17) is 0 Å². The van der Waals surface area contributed by atoms with Crippen molar-refractivity contribution >= 4 is 5.91 Å². The zero-order chi connectivity index (χ0) is 16.9. The summed E-state index contributed by atoms with van der Waals surface area (Å²) >= 11 is 0. The molecule has 0 radical (unpaired) electrons. The van der Waals surface area contributed by atoms with E-state index in [-0.39, 0.29) is 18.0 Å². The summed E-state index contributed by atoms with van der Waals surface area (Å²) < 4.78 is 1.91. The van der Waals surface area contributed by atoms with Gasteiger partial charge in [0.15, 0.2) is 0 Å². The van der Waals surface area contributed by atoms with Gasteiger partial charge in [-0.25, -0.2) is 0 Å². The van der Waals surface area contributed by atoms with Crippen molar-refractivity contribution in [2.24, 2.45) is 0 Å². The van der Waals surface area contributed by atoms with Crippen LogP contribution in [-0.2, 0) is 17.8 Å². The van der Waals surface area contributed by atoms with Gasteiger partial charge in [-0.3, -0.25) is 9.48 Å². The molecule has 1 aliphatic rings. The van der Waals surface area contributed by atoms with Crippen molar-refractivity contribution in [1.82, 2.24) is 20.4 Å². The Balaban J connectivity index is 1.48. The smallest absolute Gasteiger partial charge is 0.234 e. The van der Waals surface area contributed by atoms with Gasteiger partial charge in [-0.2, -0.15) is 5.10 Å². The largest absolute Gasteiger partial charge is 0.348 e. The molecule has 3 rings (SSSR count). The summed E-state index contributed by atoms with van der Waals surface area (Å²) in [5, 5.41) is 10.7. The van der Waals surface area contributed by atoms with Crippen LogP contribution < -0.4 is 10.6 Å². The fraction of sp³-hybridized carbons (Fsp3) is 0.474. The van der Waals surface area contributed by atoms with Crippen LogP contribution in [0.4, 0.5) is 0 Å². The molecule has 2 atom stereocenters. The molecule has 1 heterocycles.